The first-order valence-corrected chi connectivity index (χ1v) is 9.40. The predicted molar refractivity (Wildman–Crippen MR) is 109 cm³/mol. The van der Waals surface area contributed by atoms with Crippen molar-refractivity contribution in [3.63, 3.8) is 0 Å². The highest BCUT2D eigenvalue weighted by Crippen LogP contribution is 2.38. The van der Waals surface area contributed by atoms with Gasteiger partial charge in [0.05, 0.1) is 12.7 Å². The van der Waals surface area contributed by atoms with Gasteiger partial charge >= 0.3 is 6.36 Å². The Morgan fingerprint density at radius 3 is 2.17 bits per heavy atom. The molecule has 0 saturated heterocycles. The summed E-state index contributed by atoms with van der Waals surface area (Å²) in [5, 5.41) is 2.16. The maximum absolute atomic E-state index is 14.6. The number of alkyl halides is 3. The number of hydrogen-bond acceptors (Lipinski definition) is 5. The van der Waals surface area contributed by atoms with E-state index >= 15 is 0 Å². The summed E-state index contributed by atoms with van der Waals surface area (Å²) in [4.78, 5) is 24.0. The molecular weight excluding hydrogens is 486 g/mol. The molecule has 0 atom stereocenters. The molecule has 35 heavy (non-hydrogen) atoms. The Bertz CT molecular complexity index is 1300. The van der Waals surface area contributed by atoms with E-state index in [1.54, 1.807) is 0 Å². The number of amides is 2. The van der Waals surface area contributed by atoms with Crippen LogP contribution >= 0.6 is 0 Å². The van der Waals surface area contributed by atoms with Gasteiger partial charge in [-0.1, -0.05) is 0 Å². The van der Waals surface area contributed by atoms with E-state index in [0.29, 0.717) is 6.07 Å². The minimum absolute atomic E-state index is 0.175. The smallest absolute Gasteiger partial charge is 0.493 e. The number of nitrogens with two attached hydrogens (primary N) is 1. The van der Waals surface area contributed by atoms with Crippen molar-refractivity contribution in [1.82, 2.24) is 0 Å². The average Bonchev–Trinajstić information content (AvgIpc) is 2.77. The molecule has 0 saturated carbocycles. The third-order valence-electron chi connectivity index (χ3n) is 4.36. The summed E-state index contributed by atoms with van der Waals surface area (Å²) in [5.74, 6) is -8.13. The number of rotatable bonds is 7. The van der Waals surface area contributed by atoms with Crippen molar-refractivity contribution in [2.45, 2.75) is 6.36 Å². The van der Waals surface area contributed by atoms with Gasteiger partial charge < -0.3 is 25.3 Å². The van der Waals surface area contributed by atoms with Gasteiger partial charge in [0.1, 0.15) is 22.9 Å². The van der Waals surface area contributed by atoms with Crippen molar-refractivity contribution in [3.05, 3.63) is 77.1 Å². The summed E-state index contributed by atoms with van der Waals surface area (Å²) in [7, 11) is 1.10. The number of ether oxygens (including phenoxy) is 3. The number of anilines is 1. The molecule has 0 fully saturated rings. The van der Waals surface area contributed by atoms with Gasteiger partial charge in [-0.25, -0.2) is 13.2 Å². The van der Waals surface area contributed by atoms with E-state index in [0.717, 1.165) is 49.6 Å². The van der Waals surface area contributed by atoms with Crippen LogP contribution in [0.3, 0.4) is 0 Å². The largest absolute Gasteiger partial charge is 0.573 e. The van der Waals surface area contributed by atoms with Gasteiger partial charge in [0.15, 0.2) is 23.1 Å². The first-order chi connectivity index (χ1) is 16.4. The topological polar surface area (TPSA) is 99.9 Å². The lowest BCUT2D eigenvalue weighted by Gasteiger charge is -2.16. The molecule has 0 aromatic heterocycles. The van der Waals surface area contributed by atoms with Crippen LogP contribution in [0.2, 0.25) is 0 Å². The van der Waals surface area contributed by atoms with Gasteiger partial charge in [-0.05, 0) is 42.5 Å². The molecule has 0 unspecified atom stereocenters. The summed E-state index contributed by atoms with van der Waals surface area (Å²) in [6.07, 6.45) is -4.98. The Morgan fingerprint density at radius 2 is 1.54 bits per heavy atom. The third kappa shape index (κ3) is 5.93. The van der Waals surface area contributed by atoms with Gasteiger partial charge in [-0.15, -0.1) is 13.2 Å². The normalized spacial score (nSPS) is 11.1. The Hall–Kier alpha value is -4.42. The summed E-state index contributed by atoms with van der Waals surface area (Å²) < 4.78 is 93.7. The van der Waals surface area contributed by atoms with Gasteiger partial charge in [-0.2, -0.15) is 0 Å². The highest BCUT2D eigenvalue weighted by molar-refractivity contribution is 6.07. The van der Waals surface area contributed by atoms with E-state index in [9.17, 15) is 35.9 Å². The van der Waals surface area contributed by atoms with E-state index in [1.165, 1.54) is 0 Å². The lowest BCUT2D eigenvalue weighted by atomic mass is 10.1. The van der Waals surface area contributed by atoms with Crippen LogP contribution in [0, 0.1) is 17.5 Å². The van der Waals surface area contributed by atoms with E-state index in [1.807, 2.05) is 0 Å². The van der Waals surface area contributed by atoms with Crippen LogP contribution in [0.5, 0.6) is 23.0 Å². The summed E-state index contributed by atoms with van der Waals surface area (Å²) in [6, 6.07) is 6.98. The molecule has 2 amide bonds. The highest BCUT2D eigenvalue weighted by atomic mass is 19.4. The summed E-state index contributed by atoms with van der Waals surface area (Å²) >= 11 is 0. The monoisotopic (exact) mass is 500 g/mol. The molecule has 3 aromatic carbocycles. The molecular formula is C22H14F6N2O5. The highest BCUT2D eigenvalue weighted by Gasteiger charge is 2.31. The predicted octanol–water partition coefficient (Wildman–Crippen LogP) is 5.15. The number of halogens is 6. The number of benzene rings is 3. The molecule has 184 valence electrons. The van der Waals surface area contributed by atoms with Crippen molar-refractivity contribution in [3.8, 4) is 23.0 Å². The number of hydrogen-bond donors (Lipinski definition) is 2. The van der Waals surface area contributed by atoms with Crippen molar-refractivity contribution in [2.24, 2.45) is 5.73 Å². The molecule has 0 radical (unpaired) electrons. The molecule has 7 nitrogen and oxygen atoms in total. The molecule has 3 aromatic rings. The van der Waals surface area contributed by atoms with E-state index in [-0.39, 0.29) is 17.2 Å². The average molecular weight is 500 g/mol. The minimum Gasteiger partial charge on any atom is -0.493 e. The number of nitrogens with one attached hydrogen (secondary N) is 1. The lowest BCUT2D eigenvalue weighted by Crippen LogP contribution is -2.18. The van der Waals surface area contributed by atoms with Crippen LogP contribution in [0.25, 0.3) is 0 Å². The molecule has 3 rings (SSSR count). The van der Waals surface area contributed by atoms with Crippen LogP contribution < -0.4 is 25.3 Å². The second-order valence-electron chi connectivity index (χ2n) is 6.71. The number of primary amides is 1. The van der Waals surface area contributed by atoms with Gasteiger partial charge in [0.25, 0.3) is 11.8 Å². The Balaban J connectivity index is 1.96. The second kappa shape index (κ2) is 9.83. The van der Waals surface area contributed by atoms with E-state index in [4.69, 9.17) is 15.2 Å². The Labute approximate surface area is 193 Å². The van der Waals surface area contributed by atoms with Crippen LogP contribution in [0.1, 0.15) is 20.7 Å². The first kappa shape index (κ1) is 25.2. The van der Waals surface area contributed by atoms with Gasteiger partial charge in [0, 0.05) is 11.8 Å². The van der Waals surface area contributed by atoms with Crippen LogP contribution in [-0.2, 0) is 0 Å². The third-order valence-corrected chi connectivity index (χ3v) is 4.36. The molecule has 0 aliphatic rings. The fraction of sp³-hybridized carbons (Fsp3) is 0.0909. The summed E-state index contributed by atoms with van der Waals surface area (Å²) in [5.41, 5.74) is 3.37. The van der Waals surface area contributed by atoms with Gasteiger partial charge in [-0.3, -0.25) is 9.59 Å². The molecule has 3 N–H and O–H groups in total. The molecule has 0 aliphatic carbocycles. The van der Waals surface area contributed by atoms with Crippen molar-refractivity contribution in [1.29, 1.82) is 0 Å². The fourth-order valence-corrected chi connectivity index (χ4v) is 2.86. The van der Waals surface area contributed by atoms with Gasteiger partial charge in [0.2, 0.25) is 0 Å². The molecule has 0 spiro atoms. The second-order valence-corrected chi connectivity index (χ2v) is 6.71. The standard InChI is InChI=1S/C22H14F6N2O5/c1-33-17-9-11(35-22(26,27)28)3-6-15(17)34-16-7-5-14(24)19(25)18(16)21(32)30-10-2-4-13(23)12(8-10)20(29)31/h2-9H,1H3,(H2,29,31)(H,30,32). The SMILES string of the molecule is COc1cc(OC(F)(F)F)ccc1Oc1ccc(F)c(F)c1C(=O)Nc1ccc(F)c(C(N)=O)c1. The zero-order chi connectivity index (χ0) is 25.9. The van der Waals surface area contributed by atoms with Crippen LogP contribution in [0.4, 0.5) is 32.0 Å². The number of carbonyl (C=O) groups excluding carboxylic acids is 2. The van der Waals surface area contributed by atoms with Crippen molar-refractivity contribution >= 4 is 17.5 Å². The number of methoxy groups -OCH3 is 1. The van der Waals surface area contributed by atoms with Crippen molar-refractivity contribution < 1.29 is 50.1 Å². The Kier molecular flexibility index (Phi) is 7.08. The van der Waals surface area contributed by atoms with E-state index < -0.39 is 58.3 Å². The lowest BCUT2D eigenvalue weighted by molar-refractivity contribution is -0.274. The molecule has 13 heteroatoms. The molecule has 0 bridgehead atoms. The maximum Gasteiger partial charge on any atom is 0.573 e. The maximum atomic E-state index is 14.6. The number of carbonyl (C=O) groups is 2. The first-order valence-electron chi connectivity index (χ1n) is 9.40. The minimum atomic E-state index is -4.98. The molecule has 0 heterocycles. The summed E-state index contributed by atoms with van der Waals surface area (Å²) in [6.45, 7) is 0. The van der Waals surface area contributed by atoms with Crippen LogP contribution in [0.15, 0.2) is 48.5 Å². The Morgan fingerprint density at radius 1 is 0.886 bits per heavy atom. The van der Waals surface area contributed by atoms with Crippen molar-refractivity contribution in [2.75, 3.05) is 12.4 Å². The quantitative estimate of drug-likeness (QED) is 0.437. The zero-order valence-electron chi connectivity index (χ0n) is 17.5. The fourth-order valence-electron chi connectivity index (χ4n) is 2.86. The molecule has 0 aliphatic heterocycles. The van der Waals surface area contributed by atoms with E-state index in [2.05, 4.69) is 10.1 Å². The zero-order valence-corrected chi connectivity index (χ0v) is 17.5. The van der Waals surface area contributed by atoms with Crippen LogP contribution in [-0.4, -0.2) is 25.3 Å².